The average Bonchev–Trinajstić information content (AvgIpc) is 2.39. The molecule has 98 valence electrons. The third-order valence-corrected chi connectivity index (χ3v) is 3.27. The first-order valence-corrected chi connectivity index (χ1v) is 6.29. The van der Waals surface area contributed by atoms with E-state index in [-0.39, 0.29) is 11.7 Å². The van der Waals surface area contributed by atoms with Gasteiger partial charge >= 0.3 is 0 Å². The highest BCUT2D eigenvalue weighted by Gasteiger charge is 2.20. The zero-order valence-electron chi connectivity index (χ0n) is 10.6. The van der Waals surface area contributed by atoms with Crippen molar-refractivity contribution in [1.29, 1.82) is 0 Å². The molecule has 1 heterocycles. The van der Waals surface area contributed by atoms with Gasteiger partial charge in [-0.15, -0.1) is 0 Å². The molecule has 1 atom stereocenters. The van der Waals surface area contributed by atoms with Crippen LogP contribution in [0.25, 0.3) is 0 Å². The van der Waals surface area contributed by atoms with Gasteiger partial charge in [-0.25, -0.2) is 0 Å². The van der Waals surface area contributed by atoms with Gasteiger partial charge < -0.3 is 14.7 Å². The summed E-state index contributed by atoms with van der Waals surface area (Å²) in [4.78, 5) is 13.8. The van der Waals surface area contributed by atoms with Crippen LogP contribution in [-0.2, 0) is 4.74 Å². The van der Waals surface area contributed by atoms with Gasteiger partial charge in [-0.2, -0.15) is 0 Å². The topological polar surface area (TPSA) is 49.8 Å². The van der Waals surface area contributed by atoms with Crippen molar-refractivity contribution in [2.75, 3.05) is 26.8 Å². The van der Waals surface area contributed by atoms with Crippen LogP contribution in [0.5, 0.6) is 5.75 Å². The molecule has 1 N–H and O–H groups in total. The van der Waals surface area contributed by atoms with Crippen LogP contribution in [0.4, 0.5) is 0 Å². The summed E-state index contributed by atoms with van der Waals surface area (Å²) in [6.07, 6.45) is 2.15. The largest absolute Gasteiger partial charge is 0.507 e. The quantitative estimate of drug-likeness (QED) is 0.890. The molecule has 1 amide bonds. The van der Waals surface area contributed by atoms with Crippen molar-refractivity contribution in [3.05, 3.63) is 29.8 Å². The molecule has 0 aliphatic carbocycles. The Labute approximate surface area is 107 Å². The minimum Gasteiger partial charge on any atom is -0.507 e. The molecular weight excluding hydrogens is 230 g/mol. The van der Waals surface area contributed by atoms with Crippen LogP contribution >= 0.6 is 0 Å². The third kappa shape index (κ3) is 3.01. The molecule has 1 saturated heterocycles. The highest BCUT2D eigenvalue weighted by Crippen LogP contribution is 2.19. The SMILES string of the molecule is CN(CC1CCCOC1)C(=O)c1ccccc1O. The number of carbonyl (C=O) groups excluding carboxylic acids is 1. The van der Waals surface area contributed by atoms with Gasteiger partial charge in [0.05, 0.1) is 12.2 Å². The minimum atomic E-state index is -0.140. The van der Waals surface area contributed by atoms with Crippen LogP contribution in [0.2, 0.25) is 0 Å². The molecule has 2 rings (SSSR count). The van der Waals surface area contributed by atoms with Crippen molar-refractivity contribution >= 4 is 5.91 Å². The Kier molecular flexibility index (Phi) is 4.20. The summed E-state index contributed by atoms with van der Waals surface area (Å²) in [5.74, 6) is 0.298. The van der Waals surface area contributed by atoms with Crippen molar-refractivity contribution < 1.29 is 14.6 Å². The van der Waals surface area contributed by atoms with E-state index < -0.39 is 0 Å². The third-order valence-electron chi connectivity index (χ3n) is 3.27. The van der Waals surface area contributed by atoms with Gasteiger partial charge in [-0.1, -0.05) is 12.1 Å². The van der Waals surface area contributed by atoms with Crippen LogP contribution in [-0.4, -0.2) is 42.7 Å². The second-order valence-corrected chi connectivity index (χ2v) is 4.79. The van der Waals surface area contributed by atoms with Crippen molar-refractivity contribution in [2.45, 2.75) is 12.8 Å². The second-order valence-electron chi connectivity index (χ2n) is 4.79. The fraction of sp³-hybridized carbons (Fsp3) is 0.500. The Balaban J connectivity index is 1.98. The summed E-state index contributed by atoms with van der Waals surface area (Å²) in [6.45, 7) is 2.22. The lowest BCUT2D eigenvalue weighted by Gasteiger charge is -2.27. The summed E-state index contributed by atoms with van der Waals surface area (Å²) in [6, 6.07) is 6.64. The number of benzene rings is 1. The first kappa shape index (κ1) is 12.9. The van der Waals surface area contributed by atoms with E-state index in [1.165, 1.54) is 6.07 Å². The Morgan fingerprint density at radius 1 is 1.50 bits per heavy atom. The van der Waals surface area contributed by atoms with E-state index in [9.17, 15) is 9.90 Å². The van der Waals surface area contributed by atoms with Gasteiger partial charge in [0.15, 0.2) is 0 Å². The number of aromatic hydroxyl groups is 1. The fourth-order valence-corrected chi connectivity index (χ4v) is 2.28. The maximum Gasteiger partial charge on any atom is 0.257 e. The zero-order valence-corrected chi connectivity index (χ0v) is 10.6. The standard InChI is InChI=1S/C14H19NO3/c1-15(9-11-5-4-8-18-10-11)14(17)12-6-2-3-7-13(12)16/h2-3,6-7,11,16H,4-5,8-10H2,1H3. The Morgan fingerprint density at radius 3 is 2.94 bits per heavy atom. The van der Waals surface area contributed by atoms with E-state index in [0.717, 1.165) is 26.1 Å². The summed E-state index contributed by atoms with van der Waals surface area (Å²) >= 11 is 0. The van der Waals surface area contributed by atoms with E-state index in [2.05, 4.69) is 0 Å². The van der Waals surface area contributed by atoms with Crippen LogP contribution in [0, 0.1) is 5.92 Å². The maximum absolute atomic E-state index is 12.2. The number of hydrogen-bond acceptors (Lipinski definition) is 3. The second kappa shape index (κ2) is 5.87. The first-order chi connectivity index (χ1) is 8.68. The van der Waals surface area contributed by atoms with Crippen molar-refractivity contribution in [2.24, 2.45) is 5.92 Å². The van der Waals surface area contributed by atoms with E-state index in [0.29, 0.717) is 18.0 Å². The Hall–Kier alpha value is -1.55. The van der Waals surface area contributed by atoms with Crippen molar-refractivity contribution in [1.82, 2.24) is 4.90 Å². The highest BCUT2D eigenvalue weighted by atomic mass is 16.5. The lowest BCUT2D eigenvalue weighted by Crippen LogP contribution is -2.35. The molecule has 0 radical (unpaired) electrons. The number of para-hydroxylation sites is 1. The average molecular weight is 249 g/mol. The van der Waals surface area contributed by atoms with Gasteiger partial charge in [0.2, 0.25) is 0 Å². The molecule has 18 heavy (non-hydrogen) atoms. The van der Waals surface area contributed by atoms with E-state index in [1.54, 1.807) is 30.1 Å². The molecule has 0 saturated carbocycles. The summed E-state index contributed by atoms with van der Waals surface area (Å²) in [5.41, 5.74) is 0.358. The number of carbonyl (C=O) groups is 1. The molecule has 0 aromatic heterocycles. The van der Waals surface area contributed by atoms with E-state index in [4.69, 9.17) is 4.74 Å². The van der Waals surface area contributed by atoms with Gasteiger partial charge in [0, 0.05) is 20.2 Å². The number of ether oxygens (including phenoxy) is 1. The van der Waals surface area contributed by atoms with Gasteiger partial charge in [-0.3, -0.25) is 4.79 Å². The van der Waals surface area contributed by atoms with Crippen molar-refractivity contribution in [3.63, 3.8) is 0 Å². The van der Waals surface area contributed by atoms with Crippen LogP contribution in [0.1, 0.15) is 23.2 Å². The monoisotopic (exact) mass is 249 g/mol. The lowest BCUT2D eigenvalue weighted by atomic mass is 10.0. The fourth-order valence-electron chi connectivity index (χ4n) is 2.28. The molecule has 4 heteroatoms. The van der Waals surface area contributed by atoms with Gasteiger partial charge in [0.1, 0.15) is 5.75 Å². The zero-order chi connectivity index (χ0) is 13.0. The van der Waals surface area contributed by atoms with Gasteiger partial charge in [-0.05, 0) is 30.9 Å². The van der Waals surface area contributed by atoms with Crippen LogP contribution in [0.15, 0.2) is 24.3 Å². The lowest BCUT2D eigenvalue weighted by molar-refractivity contribution is 0.0388. The number of phenols is 1. The molecular formula is C14H19NO3. The van der Waals surface area contributed by atoms with Crippen LogP contribution < -0.4 is 0 Å². The predicted octanol–water partition coefficient (Wildman–Crippen LogP) is 1.89. The normalized spacial score (nSPS) is 19.5. The van der Waals surface area contributed by atoms with E-state index in [1.807, 2.05) is 0 Å². The van der Waals surface area contributed by atoms with Gasteiger partial charge in [0.25, 0.3) is 5.91 Å². The summed E-state index contributed by atoms with van der Waals surface area (Å²) in [5, 5.41) is 9.66. The first-order valence-electron chi connectivity index (χ1n) is 6.29. The van der Waals surface area contributed by atoms with Crippen LogP contribution in [0.3, 0.4) is 0 Å². The molecule has 1 aliphatic heterocycles. The molecule has 1 aromatic carbocycles. The minimum absolute atomic E-state index is 0.0363. The number of amides is 1. The number of nitrogens with zero attached hydrogens (tertiary/aromatic N) is 1. The molecule has 0 spiro atoms. The molecule has 4 nitrogen and oxygen atoms in total. The van der Waals surface area contributed by atoms with E-state index >= 15 is 0 Å². The number of phenolic OH excluding ortho intramolecular Hbond substituents is 1. The van der Waals surface area contributed by atoms with Crippen molar-refractivity contribution in [3.8, 4) is 5.75 Å². The highest BCUT2D eigenvalue weighted by molar-refractivity contribution is 5.96. The Bertz CT molecular complexity index is 413. The molecule has 1 aliphatic rings. The number of hydrogen-bond donors (Lipinski definition) is 1. The predicted molar refractivity (Wildman–Crippen MR) is 68.6 cm³/mol. The number of rotatable bonds is 3. The maximum atomic E-state index is 12.2. The summed E-state index contributed by atoms with van der Waals surface area (Å²) < 4.78 is 5.40. The molecule has 1 fully saturated rings. The molecule has 1 unspecified atom stereocenters. The smallest absolute Gasteiger partial charge is 0.257 e. The molecule has 1 aromatic rings. The summed E-state index contributed by atoms with van der Waals surface area (Å²) in [7, 11) is 1.77. The molecule has 0 bridgehead atoms. The Morgan fingerprint density at radius 2 is 2.28 bits per heavy atom.